The molecule has 2 atom stereocenters. The predicted octanol–water partition coefficient (Wildman–Crippen LogP) is 4.04. The minimum atomic E-state index is -1.03. The van der Waals surface area contributed by atoms with E-state index in [-0.39, 0.29) is 17.1 Å². The highest BCUT2D eigenvalue weighted by atomic mass is 32.2. The van der Waals surface area contributed by atoms with Gasteiger partial charge in [-0.05, 0) is 43.9 Å². The van der Waals surface area contributed by atoms with E-state index in [9.17, 15) is 9.59 Å². The second kappa shape index (κ2) is 7.43. The SMILES string of the molecule is CC1CCN(CN2C(=O)[C@]3(S[C@H](C)C(=O)N3c3ccccc3)c3ccccc32)CC1. The van der Waals surface area contributed by atoms with Crippen LogP contribution in [0.15, 0.2) is 54.6 Å². The number of fused-ring (bicyclic) bond motifs is 2. The zero-order valence-electron chi connectivity index (χ0n) is 17.5. The first-order valence-electron chi connectivity index (χ1n) is 10.7. The molecule has 2 aromatic carbocycles. The number of benzene rings is 2. The van der Waals surface area contributed by atoms with Gasteiger partial charge in [-0.15, -0.1) is 11.8 Å². The molecule has 5 rings (SSSR count). The fourth-order valence-corrected chi connectivity index (χ4v) is 6.39. The van der Waals surface area contributed by atoms with Crippen LogP contribution in [0.5, 0.6) is 0 Å². The molecule has 6 heteroatoms. The van der Waals surface area contributed by atoms with Gasteiger partial charge in [0.1, 0.15) is 0 Å². The van der Waals surface area contributed by atoms with Gasteiger partial charge in [0.2, 0.25) is 10.8 Å². The highest BCUT2D eigenvalue weighted by molar-refractivity contribution is 8.03. The van der Waals surface area contributed by atoms with Gasteiger partial charge < -0.3 is 0 Å². The summed E-state index contributed by atoms with van der Waals surface area (Å²) in [6.07, 6.45) is 2.32. The molecule has 0 bridgehead atoms. The van der Waals surface area contributed by atoms with Crippen LogP contribution in [0.2, 0.25) is 0 Å². The molecule has 5 nitrogen and oxygen atoms in total. The van der Waals surface area contributed by atoms with Crippen LogP contribution in [0.1, 0.15) is 32.3 Å². The molecule has 0 N–H and O–H groups in total. The number of carbonyl (C=O) groups excluding carboxylic acids is 2. The molecular weight excluding hydrogens is 394 g/mol. The van der Waals surface area contributed by atoms with Gasteiger partial charge in [-0.25, -0.2) is 0 Å². The Morgan fingerprint density at radius 2 is 1.63 bits per heavy atom. The Hall–Kier alpha value is -2.31. The first kappa shape index (κ1) is 19.6. The lowest BCUT2D eigenvalue weighted by Crippen LogP contribution is -2.52. The quantitative estimate of drug-likeness (QED) is 0.750. The molecule has 3 aliphatic rings. The van der Waals surface area contributed by atoms with Crippen molar-refractivity contribution in [2.45, 2.75) is 36.8 Å². The summed E-state index contributed by atoms with van der Waals surface area (Å²) >= 11 is 1.47. The molecule has 2 fully saturated rings. The highest BCUT2D eigenvalue weighted by Crippen LogP contribution is 2.57. The summed E-state index contributed by atoms with van der Waals surface area (Å²) in [6, 6.07) is 17.6. The van der Waals surface area contributed by atoms with Crippen molar-refractivity contribution in [3.05, 3.63) is 60.2 Å². The largest absolute Gasteiger partial charge is 0.295 e. The van der Waals surface area contributed by atoms with Crippen LogP contribution in [0.25, 0.3) is 0 Å². The maximum absolute atomic E-state index is 14.1. The Morgan fingerprint density at radius 3 is 2.37 bits per heavy atom. The number of para-hydroxylation sites is 2. The zero-order valence-corrected chi connectivity index (χ0v) is 18.3. The average Bonchev–Trinajstić information content (AvgIpc) is 3.16. The van der Waals surface area contributed by atoms with Crippen molar-refractivity contribution >= 4 is 35.0 Å². The number of hydrogen-bond acceptors (Lipinski definition) is 4. The van der Waals surface area contributed by atoms with E-state index in [4.69, 9.17) is 0 Å². The van der Waals surface area contributed by atoms with Crippen LogP contribution in [0.4, 0.5) is 11.4 Å². The summed E-state index contributed by atoms with van der Waals surface area (Å²) in [7, 11) is 0. The van der Waals surface area contributed by atoms with E-state index >= 15 is 0 Å². The van der Waals surface area contributed by atoms with Crippen LogP contribution in [0, 0.1) is 5.92 Å². The van der Waals surface area contributed by atoms with Gasteiger partial charge in [0.25, 0.3) is 5.91 Å². The Balaban J connectivity index is 1.58. The molecule has 2 aromatic rings. The lowest BCUT2D eigenvalue weighted by molar-refractivity contribution is -0.124. The topological polar surface area (TPSA) is 43.9 Å². The number of thioether (sulfide) groups is 1. The van der Waals surface area contributed by atoms with E-state index in [0.29, 0.717) is 6.67 Å². The van der Waals surface area contributed by atoms with E-state index in [0.717, 1.165) is 48.8 Å². The summed E-state index contributed by atoms with van der Waals surface area (Å²) in [4.78, 5) is 32.3. The van der Waals surface area contributed by atoms with Crippen molar-refractivity contribution in [2.75, 3.05) is 29.6 Å². The van der Waals surface area contributed by atoms with Gasteiger partial charge in [-0.1, -0.05) is 43.3 Å². The van der Waals surface area contributed by atoms with Crippen LogP contribution in [0.3, 0.4) is 0 Å². The third-order valence-electron chi connectivity index (χ3n) is 6.56. The van der Waals surface area contributed by atoms with Gasteiger partial charge in [-0.2, -0.15) is 0 Å². The molecule has 30 heavy (non-hydrogen) atoms. The van der Waals surface area contributed by atoms with Gasteiger partial charge in [0.05, 0.1) is 17.6 Å². The summed E-state index contributed by atoms with van der Waals surface area (Å²) in [5, 5.41) is -0.280. The van der Waals surface area contributed by atoms with Crippen LogP contribution in [-0.2, 0) is 14.5 Å². The maximum Gasteiger partial charge on any atom is 0.269 e. The van der Waals surface area contributed by atoms with Crippen LogP contribution in [-0.4, -0.2) is 41.7 Å². The molecule has 0 aromatic heterocycles. The second-order valence-electron chi connectivity index (χ2n) is 8.61. The first-order valence-corrected chi connectivity index (χ1v) is 11.6. The molecule has 156 valence electrons. The van der Waals surface area contributed by atoms with E-state index in [2.05, 4.69) is 11.8 Å². The Morgan fingerprint density at radius 1 is 0.967 bits per heavy atom. The molecule has 2 saturated heterocycles. The summed E-state index contributed by atoms with van der Waals surface area (Å²) in [5.41, 5.74) is 2.62. The van der Waals surface area contributed by atoms with E-state index < -0.39 is 4.87 Å². The molecule has 3 aliphatic heterocycles. The lowest BCUT2D eigenvalue weighted by atomic mass is 10.00. The predicted molar refractivity (Wildman–Crippen MR) is 121 cm³/mol. The summed E-state index contributed by atoms with van der Waals surface area (Å²) in [6.45, 7) is 6.79. The van der Waals surface area contributed by atoms with Gasteiger partial charge in [-0.3, -0.25) is 24.3 Å². The summed E-state index contributed by atoms with van der Waals surface area (Å²) < 4.78 is 0. The van der Waals surface area contributed by atoms with E-state index in [1.165, 1.54) is 11.8 Å². The molecule has 1 spiro atoms. The van der Waals surface area contributed by atoms with Crippen molar-refractivity contribution in [3.63, 3.8) is 0 Å². The van der Waals surface area contributed by atoms with Crippen molar-refractivity contribution in [1.29, 1.82) is 0 Å². The normalized spacial score (nSPS) is 27.3. The zero-order chi connectivity index (χ0) is 20.9. The molecule has 0 aliphatic carbocycles. The standard InChI is InChI=1S/C24H27N3O2S/c1-17-12-14-25(15-13-17)16-26-21-11-7-6-10-20(21)24(23(26)29)27(22(28)18(2)30-24)19-8-4-3-5-9-19/h3-11,17-18H,12-16H2,1-2H3/t18-,24-/m1/s1. The van der Waals surface area contributed by atoms with Gasteiger partial charge in [0, 0.05) is 24.3 Å². The van der Waals surface area contributed by atoms with E-state index in [1.54, 1.807) is 4.90 Å². The molecule has 3 heterocycles. The van der Waals surface area contributed by atoms with Gasteiger partial charge in [0.15, 0.2) is 0 Å². The number of anilines is 2. The lowest BCUT2D eigenvalue weighted by Gasteiger charge is -2.35. The molecule has 0 unspecified atom stereocenters. The van der Waals surface area contributed by atoms with Gasteiger partial charge >= 0.3 is 0 Å². The number of carbonyl (C=O) groups is 2. The minimum Gasteiger partial charge on any atom is -0.295 e. The smallest absolute Gasteiger partial charge is 0.269 e. The summed E-state index contributed by atoms with van der Waals surface area (Å²) in [5.74, 6) is 0.725. The fraction of sp³-hybridized carbons (Fsp3) is 0.417. The Labute approximate surface area is 182 Å². The molecule has 0 radical (unpaired) electrons. The maximum atomic E-state index is 14.1. The van der Waals surface area contributed by atoms with Crippen LogP contribution >= 0.6 is 11.8 Å². The first-order chi connectivity index (χ1) is 14.5. The Bertz CT molecular complexity index is 973. The molecule has 2 amide bonds. The number of nitrogens with zero attached hydrogens (tertiary/aromatic N) is 3. The number of hydrogen-bond donors (Lipinski definition) is 0. The third-order valence-corrected chi connectivity index (χ3v) is 8.03. The number of amides is 2. The number of piperidine rings is 1. The van der Waals surface area contributed by atoms with E-state index in [1.807, 2.05) is 66.4 Å². The monoisotopic (exact) mass is 421 g/mol. The van der Waals surface area contributed by atoms with Crippen molar-refractivity contribution in [3.8, 4) is 0 Å². The molecular formula is C24H27N3O2S. The highest BCUT2D eigenvalue weighted by Gasteiger charge is 2.63. The fourth-order valence-electron chi connectivity index (χ4n) is 4.86. The second-order valence-corrected chi connectivity index (χ2v) is 10.1. The number of likely N-dealkylation sites (tertiary alicyclic amines) is 1. The third kappa shape index (κ3) is 2.88. The number of rotatable bonds is 3. The molecule has 0 saturated carbocycles. The van der Waals surface area contributed by atoms with Crippen molar-refractivity contribution in [2.24, 2.45) is 5.92 Å². The van der Waals surface area contributed by atoms with Crippen LogP contribution < -0.4 is 9.80 Å². The van der Waals surface area contributed by atoms with Crippen molar-refractivity contribution < 1.29 is 9.59 Å². The van der Waals surface area contributed by atoms with Crippen molar-refractivity contribution in [1.82, 2.24) is 4.90 Å². The minimum absolute atomic E-state index is 0.00567. The Kier molecular flexibility index (Phi) is 4.86. The average molecular weight is 422 g/mol.